The molecule has 0 aromatic heterocycles. The molecule has 16 nitrogen and oxygen atoms in total. The second-order valence-electron chi connectivity index (χ2n) is 23.0. The Morgan fingerprint density at radius 1 is 0.424 bits per heavy atom. The minimum absolute atomic E-state index is 0.242. The average Bonchev–Trinajstić information content (AvgIpc) is 3.02. The van der Waals surface area contributed by atoms with E-state index >= 15 is 0 Å². The van der Waals surface area contributed by atoms with Crippen molar-refractivity contribution in [3.05, 3.63) is 0 Å². The van der Waals surface area contributed by atoms with E-state index in [0.29, 0.717) is 25.7 Å². The van der Waals surface area contributed by atoms with E-state index in [1.807, 2.05) is 111 Å². The molecule has 4 aliphatic heterocycles. The lowest BCUT2D eigenvalue weighted by Crippen LogP contribution is -2.61. The Hall–Kier alpha value is -2.44. The summed E-state index contributed by atoms with van der Waals surface area (Å²) in [5.74, 6) is -7.35. The summed E-state index contributed by atoms with van der Waals surface area (Å²) in [6.07, 6.45) is -1.30. The van der Waals surface area contributed by atoms with Gasteiger partial charge in [0.2, 0.25) is 0 Å². The molecule has 0 aliphatic carbocycles. The van der Waals surface area contributed by atoms with Gasteiger partial charge in [0.05, 0.1) is 22.2 Å². The summed E-state index contributed by atoms with van der Waals surface area (Å²) in [6.45, 7) is 29.6. The molecule has 59 heavy (non-hydrogen) atoms. The van der Waals surface area contributed by atoms with Gasteiger partial charge in [0.1, 0.15) is 24.4 Å². The Morgan fingerprint density at radius 2 is 0.593 bits per heavy atom. The fourth-order valence-electron chi connectivity index (χ4n) is 10.9. The number of ether oxygens (including phenoxy) is 4. The SMILES string of the molecule is CC1(C)CC(OC(=O)C(CC(C(=O)OC2CC(C)(C)N([OH2+])C(C)(C)C2)C(=O)OC2CC(C)(C)N([OH2+])C(C)(C)C2)C(=O)OC2CC(C)(C)N(O)C(C)(C)C2)CC(C)(C)N1O. The molecule has 4 heterocycles. The van der Waals surface area contributed by atoms with Crippen LogP contribution in [-0.4, -0.2) is 134 Å². The Bertz CT molecular complexity index is 1290. The summed E-state index contributed by atoms with van der Waals surface area (Å²) < 4.78 is 24.4. The first kappa shape index (κ1) is 49.2. The largest absolute Gasteiger partial charge is 0.462 e. The Labute approximate surface area is 351 Å². The molecule has 0 radical (unpaired) electrons. The highest BCUT2D eigenvalue weighted by Crippen LogP contribution is 2.43. The van der Waals surface area contributed by atoms with Gasteiger partial charge in [0, 0.05) is 73.5 Å². The van der Waals surface area contributed by atoms with Gasteiger partial charge in [-0.3, -0.25) is 19.2 Å². The van der Waals surface area contributed by atoms with Crippen molar-refractivity contribution in [2.24, 2.45) is 11.8 Å². The zero-order valence-corrected chi connectivity index (χ0v) is 38.8. The smallest absolute Gasteiger partial charge is 0.320 e. The lowest BCUT2D eigenvalue weighted by atomic mass is 9.80. The molecule has 4 saturated heterocycles. The van der Waals surface area contributed by atoms with Gasteiger partial charge in [0.15, 0.2) is 11.8 Å². The van der Waals surface area contributed by atoms with Crippen molar-refractivity contribution in [3.63, 3.8) is 0 Å². The molecular formula is C43H78N4O12+2. The second kappa shape index (κ2) is 16.4. The third-order valence-electron chi connectivity index (χ3n) is 13.3. The van der Waals surface area contributed by atoms with Crippen LogP contribution in [0, 0.1) is 11.8 Å². The first-order valence-electron chi connectivity index (χ1n) is 21.3. The lowest BCUT2D eigenvalue weighted by Gasteiger charge is -2.51. The highest BCUT2D eigenvalue weighted by Gasteiger charge is 2.54. The fraction of sp³-hybridized carbons (Fsp3) is 0.907. The Kier molecular flexibility index (Phi) is 13.6. The standard InChI is InChI=1S/C43H76N4O12/c1-36(2)18-26(19-37(3,4)44(36)52)56-32(48)30(33(49)57-27-20-38(5,6)45(53)39(7,8)21-27)17-31(34(50)58-28-22-40(9,10)46(54)41(11,12)23-28)35(51)59-29-24-42(13,14)47(55)43(15,16)25-29/h26-31,52-55H,17-25H2,1-16H3/p+2. The monoisotopic (exact) mass is 843 g/mol. The first-order chi connectivity index (χ1) is 26.4. The molecule has 0 atom stereocenters. The minimum Gasteiger partial charge on any atom is -0.462 e. The predicted octanol–water partition coefficient (Wildman–Crippen LogP) is 4.93. The number of rotatable bonds is 10. The zero-order chi connectivity index (χ0) is 45.3. The topological polar surface area (TPSA) is 204 Å². The van der Waals surface area contributed by atoms with Gasteiger partial charge in [-0.15, -0.1) is 0 Å². The molecule has 0 aromatic carbocycles. The number of nitrogens with zero attached hydrogens (tertiary/aromatic N) is 4. The van der Waals surface area contributed by atoms with Crippen LogP contribution in [-0.2, 0) is 38.1 Å². The highest BCUT2D eigenvalue weighted by atomic mass is 16.6. The van der Waals surface area contributed by atoms with E-state index in [0.717, 1.165) is 0 Å². The van der Waals surface area contributed by atoms with E-state index in [-0.39, 0.29) is 25.7 Å². The molecule has 340 valence electrons. The highest BCUT2D eigenvalue weighted by molar-refractivity contribution is 5.99. The van der Waals surface area contributed by atoms with Gasteiger partial charge in [-0.1, -0.05) is 10.1 Å². The lowest BCUT2D eigenvalue weighted by molar-refractivity contribution is -0.262. The van der Waals surface area contributed by atoms with Crippen molar-refractivity contribution in [3.8, 4) is 0 Å². The molecule has 0 unspecified atom stereocenters. The van der Waals surface area contributed by atoms with Crippen LogP contribution in [0.15, 0.2) is 0 Å². The summed E-state index contributed by atoms with van der Waals surface area (Å²) in [4.78, 5) is 57.9. The maximum Gasteiger partial charge on any atom is 0.320 e. The van der Waals surface area contributed by atoms with Crippen LogP contribution < -0.4 is 0 Å². The summed E-state index contributed by atoms with van der Waals surface area (Å²) in [7, 11) is 0. The predicted molar refractivity (Wildman–Crippen MR) is 219 cm³/mol. The Balaban J connectivity index is 1.72. The average molecular weight is 843 g/mol. The van der Waals surface area contributed by atoms with E-state index in [4.69, 9.17) is 29.4 Å². The van der Waals surface area contributed by atoms with E-state index in [1.165, 1.54) is 20.3 Å². The molecule has 0 bridgehead atoms. The van der Waals surface area contributed by atoms with Crippen molar-refractivity contribution in [2.45, 2.75) is 237 Å². The van der Waals surface area contributed by atoms with Crippen molar-refractivity contribution in [1.29, 1.82) is 0 Å². The summed E-state index contributed by atoms with van der Waals surface area (Å²) >= 11 is 0. The van der Waals surface area contributed by atoms with Gasteiger partial charge in [-0.2, -0.15) is 10.1 Å². The van der Waals surface area contributed by atoms with Gasteiger partial charge in [-0.25, -0.2) is 0 Å². The maximum absolute atomic E-state index is 14.5. The Morgan fingerprint density at radius 3 is 0.780 bits per heavy atom. The number of hydroxylamine groups is 8. The quantitative estimate of drug-likeness (QED) is 0.130. The van der Waals surface area contributed by atoms with Gasteiger partial charge in [0.25, 0.3) is 0 Å². The molecule has 0 saturated carbocycles. The van der Waals surface area contributed by atoms with Crippen molar-refractivity contribution < 1.29 is 59.0 Å². The maximum atomic E-state index is 14.5. The van der Waals surface area contributed by atoms with Crippen LogP contribution in [0.25, 0.3) is 0 Å². The number of hydrogen-bond acceptors (Lipinski definition) is 14. The molecule has 4 fully saturated rings. The van der Waals surface area contributed by atoms with E-state index < -0.39 is 111 Å². The number of carbonyl (C=O) groups is 4. The first-order valence-corrected chi connectivity index (χ1v) is 21.3. The van der Waals surface area contributed by atoms with Gasteiger partial charge < -0.3 is 39.8 Å². The van der Waals surface area contributed by atoms with Crippen LogP contribution in [0.4, 0.5) is 0 Å². The van der Waals surface area contributed by atoms with Crippen molar-refractivity contribution >= 4 is 23.9 Å². The summed E-state index contributed by atoms with van der Waals surface area (Å²) in [5.41, 5.74) is -5.90. The van der Waals surface area contributed by atoms with E-state index in [1.54, 1.807) is 0 Å². The van der Waals surface area contributed by atoms with Crippen LogP contribution >= 0.6 is 0 Å². The molecule has 16 heteroatoms. The molecule has 6 N–H and O–H groups in total. The van der Waals surface area contributed by atoms with Crippen LogP contribution in [0.2, 0.25) is 0 Å². The van der Waals surface area contributed by atoms with Crippen LogP contribution in [0.1, 0.15) is 169 Å². The molecule has 0 aromatic rings. The molecular weight excluding hydrogens is 764 g/mol. The van der Waals surface area contributed by atoms with Crippen LogP contribution in [0.3, 0.4) is 0 Å². The summed E-state index contributed by atoms with van der Waals surface area (Å²) in [5, 5.41) is 44.8. The number of esters is 4. The third kappa shape index (κ3) is 10.8. The summed E-state index contributed by atoms with van der Waals surface area (Å²) in [6, 6.07) is 0. The fourth-order valence-corrected chi connectivity index (χ4v) is 10.9. The van der Waals surface area contributed by atoms with Crippen molar-refractivity contribution in [1.82, 2.24) is 20.3 Å². The second-order valence-corrected chi connectivity index (χ2v) is 23.0. The van der Waals surface area contributed by atoms with E-state index in [9.17, 15) is 29.6 Å². The molecule has 4 rings (SSSR count). The molecule has 4 aliphatic rings. The number of carbonyl (C=O) groups excluding carboxylic acids is 4. The third-order valence-corrected chi connectivity index (χ3v) is 13.3. The number of piperidine rings is 4. The normalized spacial score (nSPS) is 27.6. The van der Waals surface area contributed by atoms with Crippen molar-refractivity contribution in [2.75, 3.05) is 0 Å². The number of hydrogen-bond donors (Lipinski definition) is 2. The molecule has 0 spiro atoms. The van der Waals surface area contributed by atoms with Crippen LogP contribution in [0.5, 0.6) is 0 Å². The minimum atomic E-state index is -1.75. The van der Waals surface area contributed by atoms with Gasteiger partial charge >= 0.3 is 23.9 Å². The van der Waals surface area contributed by atoms with E-state index in [2.05, 4.69) is 0 Å². The zero-order valence-electron chi connectivity index (χ0n) is 38.8. The molecule has 0 amide bonds. The van der Waals surface area contributed by atoms with Gasteiger partial charge in [-0.05, 0) is 117 Å².